The highest BCUT2D eigenvalue weighted by molar-refractivity contribution is 5.94. The first-order valence-electron chi connectivity index (χ1n) is 13.6. The lowest BCUT2D eigenvalue weighted by molar-refractivity contribution is -0.117. The van der Waals surface area contributed by atoms with Crippen LogP contribution in [0.3, 0.4) is 0 Å². The number of nitrogens with one attached hydrogen (secondary N) is 2. The first-order valence-corrected chi connectivity index (χ1v) is 13.6. The highest BCUT2D eigenvalue weighted by Crippen LogP contribution is 2.26. The molecule has 2 N–H and O–H groups in total. The van der Waals surface area contributed by atoms with Crippen LogP contribution in [-0.4, -0.2) is 53.3 Å². The van der Waals surface area contributed by atoms with Gasteiger partial charge in [-0.3, -0.25) is 14.6 Å². The molecule has 4 aromatic heterocycles. The van der Waals surface area contributed by atoms with Gasteiger partial charge in [-0.1, -0.05) is 18.2 Å². The van der Waals surface area contributed by atoms with E-state index in [1.807, 2.05) is 47.2 Å². The summed E-state index contributed by atoms with van der Waals surface area (Å²) in [6, 6.07) is 18.9. The molecule has 0 aliphatic rings. The normalized spacial score (nSPS) is 12.0. The fourth-order valence-corrected chi connectivity index (χ4v) is 4.96. The van der Waals surface area contributed by atoms with Gasteiger partial charge in [0, 0.05) is 30.4 Å². The number of carbonyl (C=O) groups excluding carboxylic acids is 1. The summed E-state index contributed by atoms with van der Waals surface area (Å²) in [7, 11) is 3.43. The van der Waals surface area contributed by atoms with Crippen molar-refractivity contribution in [2.45, 2.75) is 19.5 Å². The molecule has 2 aromatic carbocycles. The summed E-state index contributed by atoms with van der Waals surface area (Å²) in [4.78, 5) is 31.0. The topological polar surface area (TPSA) is 125 Å². The van der Waals surface area contributed by atoms with Crippen LogP contribution in [0.1, 0.15) is 12.5 Å². The Morgan fingerprint density at radius 3 is 2.65 bits per heavy atom. The van der Waals surface area contributed by atoms with Crippen molar-refractivity contribution < 1.29 is 9.18 Å². The number of hydrogen-bond donors (Lipinski definition) is 2. The Hall–Kier alpha value is -5.49. The maximum Gasteiger partial charge on any atom is 0.275 e. The van der Waals surface area contributed by atoms with Crippen molar-refractivity contribution in [1.29, 1.82) is 0 Å². The molecule has 0 saturated carbocycles. The first-order chi connectivity index (χ1) is 20.8. The van der Waals surface area contributed by atoms with Crippen LogP contribution in [-0.2, 0) is 18.4 Å². The number of halogens is 1. The van der Waals surface area contributed by atoms with Gasteiger partial charge < -0.3 is 19.8 Å². The minimum absolute atomic E-state index is 0.159. The van der Waals surface area contributed by atoms with Gasteiger partial charge in [0.05, 0.1) is 35.7 Å². The van der Waals surface area contributed by atoms with E-state index in [-0.39, 0.29) is 29.5 Å². The number of amides is 1. The third kappa shape index (κ3) is 5.43. The Morgan fingerprint density at radius 2 is 1.86 bits per heavy atom. The van der Waals surface area contributed by atoms with Crippen LogP contribution in [0.4, 0.5) is 10.1 Å². The van der Waals surface area contributed by atoms with Crippen molar-refractivity contribution in [3.63, 3.8) is 0 Å². The lowest BCUT2D eigenvalue weighted by Gasteiger charge is -2.17. The number of rotatable bonds is 8. The van der Waals surface area contributed by atoms with Gasteiger partial charge in [-0.05, 0) is 84.1 Å². The second-order valence-electron chi connectivity index (χ2n) is 10.2. The molecule has 0 bridgehead atoms. The molecule has 1 unspecified atom stereocenters. The maximum atomic E-state index is 13.9. The van der Waals surface area contributed by atoms with Crippen molar-refractivity contribution >= 4 is 22.5 Å². The van der Waals surface area contributed by atoms with Crippen molar-refractivity contribution in [2.24, 2.45) is 7.05 Å². The van der Waals surface area contributed by atoms with Crippen LogP contribution in [0, 0.1) is 5.82 Å². The molecule has 0 aliphatic heterocycles. The molecule has 6 aromatic rings. The molecule has 4 heterocycles. The highest BCUT2D eigenvalue weighted by Gasteiger charge is 2.17. The zero-order chi connectivity index (χ0) is 30.1. The van der Waals surface area contributed by atoms with Gasteiger partial charge in [0.2, 0.25) is 5.91 Å². The third-order valence-corrected chi connectivity index (χ3v) is 7.35. The molecule has 0 saturated heterocycles. The number of hydrogen-bond acceptors (Lipinski definition) is 7. The number of aromatic nitrogens is 7. The molecule has 6 rings (SSSR count). The number of carbonyl (C=O) groups is 1. The molecular weight excluding hydrogens is 549 g/mol. The van der Waals surface area contributed by atoms with E-state index in [9.17, 15) is 14.0 Å². The Kier molecular flexibility index (Phi) is 7.34. The van der Waals surface area contributed by atoms with Gasteiger partial charge >= 0.3 is 0 Å². The van der Waals surface area contributed by atoms with E-state index in [4.69, 9.17) is 0 Å². The number of fused-ring (bicyclic) bond motifs is 1. The number of anilines is 1. The quantitative estimate of drug-likeness (QED) is 0.282. The van der Waals surface area contributed by atoms with E-state index in [2.05, 4.69) is 31.1 Å². The second-order valence-corrected chi connectivity index (χ2v) is 10.2. The summed E-state index contributed by atoms with van der Waals surface area (Å²) in [6.07, 6.45) is 5.26. The number of tetrazole rings is 1. The summed E-state index contributed by atoms with van der Waals surface area (Å²) < 4.78 is 18.9. The predicted octanol–water partition coefficient (Wildman–Crippen LogP) is 3.78. The van der Waals surface area contributed by atoms with E-state index in [1.54, 1.807) is 60.9 Å². The van der Waals surface area contributed by atoms with E-state index >= 15 is 0 Å². The minimum atomic E-state index is -0.491. The number of nitrogens with zero attached hydrogens (tertiary/aromatic N) is 7. The van der Waals surface area contributed by atoms with Crippen LogP contribution in [0.5, 0.6) is 0 Å². The van der Waals surface area contributed by atoms with Crippen molar-refractivity contribution in [1.82, 2.24) is 39.6 Å². The first kappa shape index (κ1) is 27.7. The average molecular weight is 578 g/mol. The monoisotopic (exact) mass is 577 g/mol. The van der Waals surface area contributed by atoms with Crippen LogP contribution < -0.4 is 16.2 Å². The van der Waals surface area contributed by atoms with Crippen molar-refractivity contribution in [3.8, 4) is 28.3 Å². The summed E-state index contributed by atoms with van der Waals surface area (Å²) in [5.74, 6) is -0.0497. The van der Waals surface area contributed by atoms with Gasteiger partial charge in [-0.2, -0.15) is 0 Å². The lowest BCUT2D eigenvalue weighted by atomic mass is 10.1. The molecule has 216 valence electrons. The molecule has 12 heteroatoms. The summed E-state index contributed by atoms with van der Waals surface area (Å²) in [6.45, 7) is 1.88. The van der Waals surface area contributed by atoms with E-state index < -0.39 is 6.04 Å². The van der Waals surface area contributed by atoms with Gasteiger partial charge in [0.1, 0.15) is 11.5 Å². The van der Waals surface area contributed by atoms with Crippen molar-refractivity contribution in [3.05, 3.63) is 107 Å². The van der Waals surface area contributed by atoms with E-state index in [0.717, 1.165) is 33.3 Å². The molecule has 0 spiro atoms. The van der Waals surface area contributed by atoms with E-state index in [0.29, 0.717) is 11.5 Å². The summed E-state index contributed by atoms with van der Waals surface area (Å²) >= 11 is 0. The second kappa shape index (κ2) is 11.4. The summed E-state index contributed by atoms with van der Waals surface area (Å²) in [5.41, 5.74) is 4.32. The fourth-order valence-electron chi connectivity index (χ4n) is 4.96. The number of benzene rings is 2. The predicted molar refractivity (Wildman–Crippen MR) is 161 cm³/mol. The molecule has 11 nitrogen and oxygen atoms in total. The Bertz CT molecular complexity index is 2030. The molecular formula is C31H28FN9O2. The summed E-state index contributed by atoms with van der Waals surface area (Å²) in [5, 5.41) is 18.2. The Labute approximate surface area is 245 Å². The van der Waals surface area contributed by atoms with Gasteiger partial charge in [0.15, 0.2) is 5.82 Å². The molecule has 43 heavy (non-hydrogen) atoms. The molecule has 1 amide bonds. The third-order valence-electron chi connectivity index (χ3n) is 7.35. The largest absolute Gasteiger partial charge is 0.320 e. The molecule has 0 radical (unpaired) electrons. The molecule has 1 atom stereocenters. The molecule has 0 aliphatic carbocycles. The lowest BCUT2D eigenvalue weighted by Crippen LogP contribution is -2.37. The van der Waals surface area contributed by atoms with Gasteiger partial charge in [0.25, 0.3) is 5.56 Å². The highest BCUT2D eigenvalue weighted by atomic mass is 19.1. The van der Waals surface area contributed by atoms with Crippen LogP contribution in [0.15, 0.2) is 90.1 Å². The maximum absolute atomic E-state index is 13.9. The standard InChI is InChI=1S/C31H28FN9O2/c1-19(33-2)30(42)35-26-8-10-28(21-5-4-6-23(14-21)29-36-37-38-39(29)3)41(31(26)43)18-20-13-25(17-34-16-20)40-12-11-22-15-24(32)7-9-27(22)40/h4-17,19,33H,18H2,1-3H3,(H,35,42). The smallest absolute Gasteiger partial charge is 0.275 e. The number of pyridine rings is 2. The number of aryl methyl sites for hydroxylation is 1. The fraction of sp³-hybridized carbons (Fsp3) is 0.161. The zero-order valence-corrected chi connectivity index (χ0v) is 23.7. The Balaban J connectivity index is 1.44. The minimum Gasteiger partial charge on any atom is -0.320 e. The zero-order valence-electron chi connectivity index (χ0n) is 23.7. The van der Waals surface area contributed by atoms with Crippen LogP contribution >= 0.6 is 0 Å². The Morgan fingerprint density at radius 1 is 1.02 bits per heavy atom. The van der Waals surface area contributed by atoms with Crippen LogP contribution in [0.25, 0.3) is 39.2 Å². The number of likely N-dealkylation sites (N-methyl/N-ethyl adjacent to an activating group) is 1. The average Bonchev–Trinajstić information content (AvgIpc) is 3.64. The SMILES string of the molecule is CNC(C)C(=O)Nc1ccc(-c2cccc(-c3nnnn3C)c2)n(Cc2cncc(-n3ccc4cc(F)ccc43)c2)c1=O. The van der Waals surface area contributed by atoms with Crippen LogP contribution in [0.2, 0.25) is 0 Å². The van der Waals surface area contributed by atoms with Gasteiger partial charge in [-0.15, -0.1) is 5.10 Å². The van der Waals surface area contributed by atoms with Crippen molar-refractivity contribution in [2.75, 3.05) is 12.4 Å². The van der Waals surface area contributed by atoms with Gasteiger partial charge in [-0.25, -0.2) is 9.07 Å². The molecule has 0 fully saturated rings. The van der Waals surface area contributed by atoms with E-state index in [1.165, 1.54) is 12.1 Å².